The van der Waals surface area contributed by atoms with Crippen LogP contribution in [0.4, 0.5) is 5.82 Å². The highest BCUT2D eigenvalue weighted by molar-refractivity contribution is 5.93. The Morgan fingerprint density at radius 2 is 1.75 bits per heavy atom. The second-order valence-corrected chi connectivity index (χ2v) is 5.27. The summed E-state index contributed by atoms with van der Waals surface area (Å²) in [6.07, 6.45) is 0. The Balaban J connectivity index is 1.87. The van der Waals surface area contributed by atoms with Crippen molar-refractivity contribution in [3.05, 3.63) is 30.0 Å². The molecule has 1 aliphatic heterocycles. The quantitative estimate of drug-likeness (QED) is 0.903. The number of hydrogen-bond donors (Lipinski definition) is 1. The molecule has 5 heteroatoms. The van der Waals surface area contributed by atoms with Crippen LogP contribution in [0.2, 0.25) is 0 Å². The molecule has 106 valence electrons. The molecule has 0 atom stereocenters. The average molecular weight is 271 g/mol. The van der Waals surface area contributed by atoms with E-state index in [1.165, 1.54) is 10.8 Å². The highest BCUT2D eigenvalue weighted by atomic mass is 15.3. The monoisotopic (exact) mass is 271 g/mol. The van der Waals surface area contributed by atoms with Crippen LogP contribution in [-0.2, 0) is 0 Å². The van der Waals surface area contributed by atoms with Gasteiger partial charge in [-0.3, -0.25) is 4.90 Å². The van der Waals surface area contributed by atoms with Gasteiger partial charge in [0.2, 0.25) is 0 Å². The Labute approximate surface area is 119 Å². The first-order valence-corrected chi connectivity index (χ1v) is 7.19. The number of nitrogens with zero attached hydrogens (tertiary/aromatic N) is 4. The molecule has 0 aliphatic carbocycles. The summed E-state index contributed by atoms with van der Waals surface area (Å²) in [4.78, 5) is 4.74. The lowest BCUT2D eigenvalue weighted by molar-refractivity contribution is 0.264. The minimum atomic E-state index is 0.729. The second-order valence-electron chi connectivity index (χ2n) is 5.27. The van der Waals surface area contributed by atoms with E-state index in [2.05, 4.69) is 44.3 Å². The molecule has 0 bridgehead atoms. The molecule has 2 N–H and O–H groups in total. The van der Waals surface area contributed by atoms with E-state index >= 15 is 0 Å². The molecule has 0 radical (unpaired) electrons. The van der Waals surface area contributed by atoms with Gasteiger partial charge < -0.3 is 10.6 Å². The summed E-state index contributed by atoms with van der Waals surface area (Å²) >= 11 is 0. The summed E-state index contributed by atoms with van der Waals surface area (Å²) in [5.41, 5.74) is 6.61. The smallest absolute Gasteiger partial charge is 0.159 e. The molecular weight excluding hydrogens is 250 g/mol. The van der Waals surface area contributed by atoms with E-state index in [0.717, 1.165) is 50.8 Å². The molecule has 5 nitrogen and oxygen atoms in total. The van der Waals surface area contributed by atoms with Crippen LogP contribution in [-0.4, -0.2) is 54.4 Å². The van der Waals surface area contributed by atoms with Crippen molar-refractivity contribution in [1.29, 1.82) is 0 Å². The zero-order valence-electron chi connectivity index (χ0n) is 11.9. The molecule has 1 saturated heterocycles. The Morgan fingerprint density at radius 3 is 2.45 bits per heavy atom. The largest absolute Gasteiger partial charge is 0.352 e. The average Bonchev–Trinajstić information content (AvgIpc) is 2.49. The summed E-state index contributed by atoms with van der Waals surface area (Å²) in [6, 6.07) is 8.38. The van der Waals surface area contributed by atoms with Crippen LogP contribution in [0.1, 0.15) is 5.69 Å². The van der Waals surface area contributed by atoms with Crippen molar-refractivity contribution in [1.82, 2.24) is 15.1 Å². The van der Waals surface area contributed by atoms with Gasteiger partial charge in [0, 0.05) is 50.0 Å². The molecule has 1 aromatic heterocycles. The highest BCUT2D eigenvalue weighted by Gasteiger charge is 2.19. The van der Waals surface area contributed by atoms with Crippen LogP contribution in [0.5, 0.6) is 0 Å². The van der Waals surface area contributed by atoms with Gasteiger partial charge in [0.15, 0.2) is 5.82 Å². The van der Waals surface area contributed by atoms with Crippen molar-refractivity contribution in [3.63, 3.8) is 0 Å². The van der Waals surface area contributed by atoms with Crippen LogP contribution in [0, 0.1) is 6.92 Å². The van der Waals surface area contributed by atoms with Crippen LogP contribution < -0.4 is 10.6 Å². The molecule has 2 aromatic rings. The maximum atomic E-state index is 5.62. The number of anilines is 1. The van der Waals surface area contributed by atoms with E-state index in [1.54, 1.807) is 0 Å². The van der Waals surface area contributed by atoms with Gasteiger partial charge in [-0.2, -0.15) is 5.10 Å². The third kappa shape index (κ3) is 2.46. The minimum Gasteiger partial charge on any atom is -0.352 e. The first-order chi connectivity index (χ1) is 9.79. The SMILES string of the molecule is Cc1nnc(N2CCN(CCN)CC2)c2ccccc12. The number of piperazine rings is 1. The molecule has 0 saturated carbocycles. The number of rotatable bonds is 3. The fourth-order valence-electron chi connectivity index (χ4n) is 2.82. The summed E-state index contributed by atoms with van der Waals surface area (Å²) in [5, 5.41) is 11.1. The lowest BCUT2D eigenvalue weighted by Gasteiger charge is -2.35. The maximum absolute atomic E-state index is 5.62. The molecule has 2 heterocycles. The van der Waals surface area contributed by atoms with Crippen LogP contribution in [0.3, 0.4) is 0 Å². The third-order valence-electron chi connectivity index (χ3n) is 3.97. The topological polar surface area (TPSA) is 58.3 Å². The van der Waals surface area contributed by atoms with Gasteiger partial charge >= 0.3 is 0 Å². The lowest BCUT2D eigenvalue weighted by atomic mass is 10.1. The van der Waals surface area contributed by atoms with Crippen molar-refractivity contribution < 1.29 is 0 Å². The van der Waals surface area contributed by atoms with E-state index < -0.39 is 0 Å². The zero-order valence-corrected chi connectivity index (χ0v) is 11.9. The van der Waals surface area contributed by atoms with Crippen molar-refractivity contribution in [3.8, 4) is 0 Å². The predicted octanol–water partition coefficient (Wildman–Crippen LogP) is 1.02. The Hall–Kier alpha value is -1.72. The Kier molecular flexibility index (Phi) is 3.80. The van der Waals surface area contributed by atoms with Crippen LogP contribution >= 0.6 is 0 Å². The van der Waals surface area contributed by atoms with Crippen LogP contribution in [0.25, 0.3) is 10.8 Å². The Bertz CT molecular complexity index is 590. The van der Waals surface area contributed by atoms with E-state index in [9.17, 15) is 0 Å². The van der Waals surface area contributed by atoms with E-state index in [0.29, 0.717) is 0 Å². The first kappa shape index (κ1) is 13.3. The zero-order chi connectivity index (χ0) is 13.9. The van der Waals surface area contributed by atoms with Crippen molar-refractivity contribution in [2.45, 2.75) is 6.92 Å². The fraction of sp³-hybridized carbons (Fsp3) is 0.467. The molecule has 0 unspecified atom stereocenters. The summed E-state index contributed by atoms with van der Waals surface area (Å²) in [7, 11) is 0. The van der Waals surface area contributed by atoms with Gasteiger partial charge in [-0.25, -0.2) is 0 Å². The number of aryl methyl sites for hydroxylation is 1. The minimum absolute atomic E-state index is 0.729. The summed E-state index contributed by atoms with van der Waals surface area (Å²) in [6.45, 7) is 7.78. The number of nitrogens with two attached hydrogens (primary N) is 1. The van der Waals surface area contributed by atoms with E-state index in [4.69, 9.17) is 5.73 Å². The van der Waals surface area contributed by atoms with E-state index in [-0.39, 0.29) is 0 Å². The van der Waals surface area contributed by atoms with Gasteiger partial charge in [-0.1, -0.05) is 24.3 Å². The van der Waals surface area contributed by atoms with Gasteiger partial charge in [0.25, 0.3) is 0 Å². The van der Waals surface area contributed by atoms with Gasteiger partial charge in [0.05, 0.1) is 5.69 Å². The molecule has 1 aliphatic rings. The maximum Gasteiger partial charge on any atom is 0.159 e. The normalized spacial score (nSPS) is 16.8. The van der Waals surface area contributed by atoms with Gasteiger partial charge in [-0.05, 0) is 6.92 Å². The number of aromatic nitrogens is 2. The van der Waals surface area contributed by atoms with Gasteiger partial charge in [-0.15, -0.1) is 5.10 Å². The number of hydrogen-bond acceptors (Lipinski definition) is 5. The van der Waals surface area contributed by atoms with Gasteiger partial charge in [0.1, 0.15) is 0 Å². The van der Waals surface area contributed by atoms with Crippen molar-refractivity contribution in [2.24, 2.45) is 5.73 Å². The Morgan fingerprint density at radius 1 is 1.05 bits per heavy atom. The van der Waals surface area contributed by atoms with Crippen LogP contribution in [0.15, 0.2) is 24.3 Å². The highest BCUT2D eigenvalue weighted by Crippen LogP contribution is 2.26. The third-order valence-corrected chi connectivity index (χ3v) is 3.97. The lowest BCUT2D eigenvalue weighted by Crippen LogP contribution is -2.48. The molecule has 3 rings (SSSR count). The van der Waals surface area contributed by atoms with Crippen molar-refractivity contribution >= 4 is 16.6 Å². The standard InChI is InChI=1S/C15H21N5/c1-12-13-4-2-3-5-14(13)15(18-17-12)20-10-8-19(7-6-16)9-11-20/h2-5H,6-11,16H2,1H3. The number of benzene rings is 1. The molecule has 0 amide bonds. The molecule has 20 heavy (non-hydrogen) atoms. The summed E-state index contributed by atoms with van der Waals surface area (Å²) in [5.74, 6) is 1.01. The fourth-order valence-corrected chi connectivity index (χ4v) is 2.82. The van der Waals surface area contributed by atoms with E-state index in [1.807, 2.05) is 6.92 Å². The number of fused-ring (bicyclic) bond motifs is 1. The molecule has 1 aromatic carbocycles. The molecule has 1 fully saturated rings. The molecular formula is C15H21N5. The second kappa shape index (κ2) is 5.73. The van der Waals surface area contributed by atoms with Crippen molar-refractivity contribution in [2.75, 3.05) is 44.2 Å². The first-order valence-electron chi connectivity index (χ1n) is 7.19. The molecule has 0 spiro atoms. The predicted molar refractivity (Wildman–Crippen MR) is 82.0 cm³/mol. The summed E-state index contributed by atoms with van der Waals surface area (Å²) < 4.78 is 0.